The van der Waals surface area contributed by atoms with Gasteiger partial charge in [-0.25, -0.2) is 0 Å². The molecule has 6 heteroatoms. The summed E-state index contributed by atoms with van der Waals surface area (Å²) < 4.78 is 19.0. The maximum Gasteiger partial charge on any atom is 0.494 e. The molecule has 5 heterocycles. The topological polar surface area (TPSA) is 28.3 Å². The fourth-order valence-corrected chi connectivity index (χ4v) is 10.0. The zero-order chi connectivity index (χ0) is 41.6. The van der Waals surface area contributed by atoms with E-state index >= 15 is 0 Å². The van der Waals surface area contributed by atoms with Gasteiger partial charge in [0.1, 0.15) is 0 Å². The van der Waals surface area contributed by atoms with Crippen LogP contribution < -0.4 is 21.9 Å². The van der Waals surface area contributed by atoms with Crippen molar-refractivity contribution in [2.24, 2.45) is 0 Å². The lowest BCUT2D eigenvalue weighted by atomic mass is 9.33. The van der Waals surface area contributed by atoms with Crippen LogP contribution in [0.4, 0.5) is 0 Å². The Kier molecular flexibility index (Phi) is 7.41. The van der Waals surface area contributed by atoms with E-state index in [1.165, 1.54) is 93.6 Å². The third-order valence-electron chi connectivity index (χ3n) is 14.3. The molecule has 1 saturated heterocycles. The van der Waals surface area contributed by atoms with Gasteiger partial charge in [0.25, 0.3) is 6.71 Å². The van der Waals surface area contributed by atoms with Crippen LogP contribution >= 0.6 is 0 Å². The SMILES string of the molecule is CC(C)(C)c1ccc2c(c1)c1cc(C(C)(C)C)cc3c1n2-c1cc(B2OC(C)(C)C(C)(C)O2)cc2c1B3c1cc(C(C)(C)C)cc3c4cc(C(C)(C)C)ccc4n-2c13. The van der Waals surface area contributed by atoms with Crippen LogP contribution in [-0.4, -0.2) is 34.2 Å². The van der Waals surface area contributed by atoms with E-state index in [1.54, 1.807) is 0 Å². The van der Waals surface area contributed by atoms with Crippen LogP contribution in [0.5, 0.6) is 0 Å². The smallest absolute Gasteiger partial charge is 0.399 e. The van der Waals surface area contributed by atoms with E-state index in [4.69, 9.17) is 9.31 Å². The van der Waals surface area contributed by atoms with Gasteiger partial charge in [-0.05, 0) is 142 Å². The first-order chi connectivity index (χ1) is 26.8. The molecule has 0 atom stereocenters. The van der Waals surface area contributed by atoms with Gasteiger partial charge in [0.2, 0.25) is 0 Å². The van der Waals surface area contributed by atoms with Crippen molar-refractivity contribution in [1.29, 1.82) is 0 Å². The molecule has 1 fully saturated rings. The second kappa shape index (κ2) is 11.3. The van der Waals surface area contributed by atoms with Crippen molar-refractivity contribution >= 4 is 79.3 Å². The van der Waals surface area contributed by atoms with Crippen LogP contribution in [0, 0.1) is 0 Å². The van der Waals surface area contributed by atoms with Gasteiger partial charge in [0.05, 0.1) is 22.2 Å². The highest BCUT2D eigenvalue weighted by Gasteiger charge is 2.53. The lowest BCUT2D eigenvalue weighted by Crippen LogP contribution is -2.60. The number of hydrogen-bond donors (Lipinski definition) is 0. The Bertz CT molecular complexity index is 2750. The number of benzene rings is 5. The quantitative estimate of drug-likeness (QED) is 0.156. The van der Waals surface area contributed by atoms with E-state index in [1.807, 2.05) is 0 Å². The summed E-state index contributed by atoms with van der Waals surface area (Å²) in [5, 5.41) is 5.30. The van der Waals surface area contributed by atoms with Gasteiger partial charge >= 0.3 is 7.12 Å². The maximum absolute atomic E-state index is 6.88. The van der Waals surface area contributed by atoms with Crippen molar-refractivity contribution in [2.75, 3.05) is 0 Å². The Balaban J connectivity index is 1.43. The molecule has 0 spiro atoms. The first kappa shape index (κ1) is 38.0. The van der Waals surface area contributed by atoms with Crippen LogP contribution in [0.2, 0.25) is 0 Å². The van der Waals surface area contributed by atoms with E-state index in [0.717, 1.165) is 5.46 Å². The number of nitrogens with zero attached hydrogens (tertiary/aromatic N) is 2. The fraction of sp³-hybridized carbons (Fsp3) is 0.423. The third kappa shape index (κ3) is 5.16. The average molecular weight is 767 g/mol. The summed E-state index contributed by atoms with van der Waals surface area (Å²) in [6, 6.07) is 29.4. The zero-order valence-corrected chi connectivity index (χ0v) is 37.8. The van der Waals surface area contributed by atoms with Crippen molar-refractivity contribution in [3.05, 3.63) is 95.1 Å². The number of hydrogen-bond acceptors (Lipinski definition) is 2. The molecule has 5 aromatic carbocycles. The molecule has 58 heavy (non-hydrogen) atoms. The fourth-order valence-electron chi connectivity index (χ4n) is 10.0. The minimum Gasteiger partial charge on any atom is -0.399 e. The largest absolute Gasteiger partial charge is 0.494 e. The molecule has 0 N–H and O–H groups in total. The molecule has 0 aliphatic carbocycles. The molecule has 296 valence electrons. The standard InChI is InChI=1S/C52H60B2N2O2/c1-47(2,3)29-17-19-40-34(21-29)36-23-31(49(7,8)9)25-38-45(36)55(40)42-27-33(54-57-51(13,14)52(15,16)58-54)28-43-44(42)53(38)39-26-32(50(10,11)12)24-37-35-22-30(48(4,5)6)18-20-41(35)56(43)46(37)39/h17-28H,1-16H3. The summed E-state index contributed by atoms with van der Waals surface area (Å²) in [5.74, 6) is 0. The van der Waals surface area contributed by atoms with E-state index in [-0.39, 0.29) is 28.4 Å². The molecule has 3 aliphatic rings. The lowest BCUT2D eigenvalue weighted by Gasteiger charge is -2.36. The number of aromatic nitrogens is 2. The summed E-state index contributed by atoms with van der Waals surface area (Å²) in [6.45, 7) is 36.8. The third-order valence-corrected chi connectivity index (χ3v) is 14.3. The van der Waals surface area contributed by atoms with E-state index < -0.39 is 18.3 Å². The summed E-state index contributed by atoms with van der Waals surface area (Å²) in [4.78, 5) is 0. The summed E-state index contributed by atoms with van der Waals surface area (Å²) in [5.41, 5.74) is 17.2. The second-order valence-electron chi connectivity index (χ2n) is 23.1. The van der Waals surface area contributed by atoms with E-state index in [2.05, 4.69) is 193 Å². The maximum atomic E-state index is 6.88. The molecule has 0 bridgehead atoms. The first-order valence-corrected chi connectivity index (χ1v) is 21.6. The summed E-state index contributed by atoms with van der Waals surface area (Å²) >= 11 is 0. The van der Waals surface area contributed by atoms with Crippen LogP contribution in [0.3, 0.4) is 0 Å². The normalized spacial score (nSPS) is 17.4. The van der Waals surface area contributed by atoms with Gasteiger partial charge < -0.3 is 18.4 Å². The molecule has 7 aromatic rings. The minimum absolute atomic E-state index is 0.0180. The predicted molar refractivity (Wildman–Crippen MR) is 250 cm³/mol. The molecule has 3 aliphatic heterocycles. The lowest BCUT2D eigenvalue weighted by molar-refractivity contribution is 0.00578. The van der Waals surface area contributed by atoms with Crippen molar-refractivity contribution in [3.63, 3.8) is 0 Å². The molecule has 10 rings (SSSR count). The Morgan fingerprint density at radius 3 is 1.17 bits per heavy atom. The Morgan fingerprint density at radius 1 is 0.448 bits per heavy atom. The van der Waals surface area contributed by atoms with Crippen LogP contribution in [0.1, 0.15) is 133 Å². The van der Waals surface area contributed by atoms with Gasteiger partial charge in [-0.3, -0.25) is 0 Å². The molecule has 0 radical (unpaired) electrons. The predicted octanol–water partition coefficient (Wildman–Crippen LogP) is 10.5. The van der Waals surface area contributed by atoms with Crippen molar-refractivity contribution in [3.8, 4) is 11.4 Å². The molecule has 2 aromatic heterocycles. The summed E-state index contributed by atoms with van der Waals surface area (Å²) in [6.07, 6.45) is 0. The highest BCUT2D eigenvalue weighted by Crippen LogP contribution is 2.44. The van der Waals surface area contributed by atoms with E-state index in [0.29, 0.717) is 0 Å². The molecular formula is C52H60B2N2O2. The van der Waals surface area contributed by atoms with E-state index in [9.17, 15) is 0 Å². The minimum atomic E-state index is -0.506. The average Bonchev–Trinajstić information content (AvgIpc) is 3.70. The molecular weight excluding hydrogens is 706 g/mol. The highest BCUT2D eigenvalue weighted by molar-refractivity contribution is 7.00. The Hall–Kier alpha value is -4.25. The van der Waals surface area contributed by atoms with Crippen LogP contribution in [-0.2, 0) is 31.0 Å². The van der Waals surface area contributed by atoms with Gasteiger partial charge in [-0.2, -0.15) is 0 Å². The van der Waals surface area contributed by atoms with Crippen LogP contribution in [0.15, 0.2) is 72.8 Å². The highest BCUT2D eigenvalue weighted by atomic mass is 16.7. The molecule has 0 saturated carbocycles. The van der Waals surface area contributed by atoms with Gasteiger partial charge in [0.15, 0.2) is 0 Å². The number of rotatable bonds is 1. The Labute approximate surface area is 346 Å². The molecule has 0 amide bonds. The van der Waals surface area contributed by atoms with Gasteiger partial charge in [-0.1, -0.05) is 107 Å². The first-order valence-electron chi connectivity index (χ1n) is 21.6. The molecule has 4 nitrogen and oxygen atoms in total. The van der Waals surface area contributed by atoms with Crippen molar-refractivity contribution in [2.45, 2.75) is 144 Å². The second-order valence-corrected chi connectivity index (χ2v) is 23.1. The van der Waals surface area contributed by atoms with Crippen molar-refractivity contribution < 1.29 is 9.31 Å². The molecule has 0 unspecified atom stereocenters. The summed E-state index contributed by atoms with van der Waals surface area (Å²) in [7, 11) is -0.506. The Morgan fingerprint density at radius 2 is 0.810 bits per heavy atom. The van der Waals surface area contributed by atoms with Crippen LogP contribution in [0.25, 0.3) is 55.0 Å². The number of fused-ring (bicyclic) bond motifs is 10. The zero-order valence-electron chi connectivity index (χ0n) is 37.8. The van der Waals surface area contributed by atoms with Crippen molar-refractivity contribution in [1.82, 2.24) is 9.13 Å². The monoisotopic (exact) mass is 766 g/mol. The van der Waals surface area contributed by atoms with Gasteiger partial charge in [-0.15, -0.1) is 0 Å². The van der Waals surface area contributed by atoms with Gasteiger partial charge in [0, 0.05) is 44.0 Å².